The maximum absolute atomic E-state index is 12.8. The third-order valence-corrected chi connectivity index (χ3v) is 5.36. The van der Waals surface area contributed by atoms with Crippen LogP contribution in [-0.4, -0.2) is 55.1 Å². The van der Waals surface area contributed by atoms with Crippen molar-refractivity contribution >= 4 is 23.5 Å². The van der Waals surface area contributed by atoms with Crippen molar-refractivity contribution in [2.45, 2.75) is 38.3 Å². The standard InChI is InChI=1S/C21H24N4O4/c1-13(26)23-8-9-24-21(28)25-16-6-7-18(25)19(20(27)29-2)17(11-16)15-5-3-4-14(10-15)12-22/h3-5,10,16,18H,6-9,11H2,1-2H3,(H,23,26)(H,24,28). The van der Waals surface area contributed by atoms with Gasteiger partial charge >= 0.3 is 12.0 Å². The van der Waals surface area contributed by atoms with E-state index in [0.717, 1.165) is 17.6 Å². The summed E-state index contributed by atoms with van der Waals surface area (Å²) in [6, 6.07) is 8.61. The number of amides is 3. The molecule has 0 saturated carbocycles. The second kappa shape index (κ2) is 8.78. The zero-order chi connectivity index (χ0) is 21.0. The van der Waals surface area contributed by atoms with Gasteiger partial charge in [0.15, 0.2) is 0 Å². The van der Waals surface area contributed by atoms with E-state index < -0.39 is 5.97 Å². The van der Waals surface area contributed by atoms with Crippen LogP contribution in [0.3, 0.4) is 0 Å². The van der Waals surface area contributed by atoms with Crippen molar-refractivity contribution in [3.63, 3.8) is 0 Å². The highest BCUT2D eigenvalue weighted by molar-refractivity contribution is 6.01. The fourth-order valence-electron chi connectivity index (χ4n) is 4.14. The molecule has 2 unspecified atom stereocenters. The lowest BCUT2D eigenvalue weighted by Gasteiger charge is -2.37. The van der Waals surface area contributed by atoms with Gasteiger partial charge in [-0.05, 0) is 42.5 Å². The molecule has 0 radical (unpaired) electrons. The number of methoxy groups -OCH3 is 1. The maximum Gasteiger partial charge on any atom is 0.336 e. The molecule has 2 aliphatic heterocycles. The summed E-state index contributed by atoms with van der Waals surface area (Å²) in [7, 11) is 1.33. The SMILES string of the molecule is COC(=O)C1=C(c2cccc(C#N)c2)CC2CCC1N2C(=O)NCCNC(C)=O. The van der Waals surface area contributed by atoms with Crippen molar-refractivity contribution in [2.75, 3.05) is 20.2 Å². The molecule has 1 aromatic rings. The average Bonchev–Trinajstić information content (AvgIpc) is 3.03. The molecule has 2 aliphatic rings. The van der Waals surface area contributed by atoms with Crippen LogP contribution in [0.15, 0.2) is 29.8 Å². The van der Waals surface area contributed by atoms with Gasteiger partial charge < -0.3 is 20.3 Å². The van der Waals surface area contributed by atoms with Crippen LogP contribution in [0.25, 0.3) is 5.57 Å². The molecule has 8 nitrogen and oxygen atoms in total. The molecule has 2 atom stereocenters. The third kappa shape index (κ3) is 4.24. The van der Waals surface area contributed by atoms with Gasteiger partial charge in [-0.3, -0.25) is 4.79 Å². The fraction of sp³-hybridized carbons (Fsp3) is 0.429. The molecular weight excluding hydrogens is 372 g/mol. The number of rotatable bonds is 5. The summed E-state index contributed by atoms with van der Waals surface area (Å²) in [4.78, 5) is 38.1. The fourth-order valence-corrected chi connectivity index (χ4v) is 4.14. The number of carbonyl (C=O) groups is 3. The van der Waals surface area contributed by atoms with Crippen molar-refractivity contribution in [2.24, 2.45) is 0 Å². The lowest BCUT2D eigenvalue weighted by atomic mass is 9.88. The Hall–Kier alpha value is -3.34. The van der Waals surface area contributed by atoms with Crippen LogP contribution in [0.2, 0.25) is 0 Å². The first-order valence-corrected chi connectivity index (χ1v) is 9.58. The maximum atomic E-state index is 12.8. The highest BCUT2D eigenvalue weighted by Crippen LogP contribution is 2.43. The second-order valence-corrected chi connectivity index (χ2v) is 7.15. The Labute approximate surface area is 169 Å². The van der Waals surface area contributed by atoms with E-state index in [9.17, 15) is 19.6 Å². The van der Waals surface area contributed by atoms with Gasteiger partial charge in [0.25, 0.3) is 0 Å². The molecular formula is C21H24N4O4. The summed E-state index contributed by atoms with van der Waals surface area (Å²) >= 11 is 0. The van der Waals surface area contributed by atoms with Crippen molar-refractivity contribution in [3.05, 3.63) is 41.0 Å². The minimum atomic E-state index is -0.455. The molecule has 1 fully saturated rings. The number of benzene rings is 1. The summed E-state index contributed by atoms with van der Waals surface area (Å²) < 4.78 is 5.03. The number of esters is 1. The molecule has 0 aliphatic carbocycles. The van der Waals surface area contributed by atoms with Gasteiger partial charge in [0.2, 0.25) is 5.91 Å². The Balaban J connectivity index is 1.88. The first kappa shape index (κ1) is 20.4. The Kier molecular flexibility index (Phi) is 6.17. The lowest BCUT2D eigenvalue weighted by Crippen LogP contribution is -2.51. The molecule has 3 amide bonds. The number of hydrogen-bond donors (Lipinski definition) is 2. The molecule has 2 N–H and O–H groups in total. The number of carbonyl (C=O) groups excluding carboxylic acids is 3. The van der Waals surface area contributed by atoms with E-state index >= 15 is 0 Å². The van der Waals surface area contributed by atoms with Crippen molar-refractivity contribution in [1.82, 2.24) is 15.5 Å². The molecule has 2 bridgehead atoms. The van der Waals surface area contributed by atoms with Crippen molar-refractivity contribution in [1.29, 1.82) is 5.26 Å². The van der Waals surface area contributed by atoms with E-state index in [1.54, 1.807) is 23.1 Å². The van der Waals surface area contributed by atoms with E-state index in [1.807, 2.05) is 6.07 Å². The summed E-state index contributed by atoms with van der Waals surface area (Å²) in [6.45, 7) is 2.07. The zero-order valence-corrected chi connectivity index (χ0v) is 16.5. The van der Waals surface area contributed by atoms with Crippen molar-refractivity contribution in [3.8, 4) is 6.07 Å². The number of nitrogens with zero attached hydrogens (tertiary/aromatic N) is 2. The molecule has 8 heteroatoms. The van der Waals surface area contributed by atoms with Gasteiger partial charge in [0, 0.05) is 26.1 Å². The van der Waals surface area contributed by atoms with Crippen LogP contribution in [0, 0.1) is 11.3 Å². The monoisotopic (exact) mass is 396 g/mol. The normalized spacial score (nSPS) is 20.1. The van der Waals surface area contributed by atoms with Gasteiger partial charge in [-0.2, -0.15) is 5.26 Å². The van der Waals surface area contributed by atoms with E-state index in [4.69, 9.17) is 4.74 Å². The van der Waals surface area contributed by atoms with E-state index in [-0.39, 0.29) is 24.0 Å². The Morgan fingerprint density at radius 1 is 1.24 bits per heavy atom. The predicted molar refractivity (Wildman–Crippen MR) is 105 cm³/mol. The Morgan fingerprint density at radius 2 is 2.00 bits per heavy atom. The number of ether oxygens (including phenoxy) is 1. The molecule has 1 aromatic carbocycles. The summed E-state index contributed by atoms with van der Waals surface area (Å²) in [5.74, 6) is -0.610. The van der Waals surface area contributed by atoms with Gasteiger partial charge in [0.05, 0.1) is 30.4 Å². The topological polar surface area (TPSA) is 112 Å². The number of nitrogens with one attached hydrogen (secondary N) is 2. The third-order valence-electron chi connectivity index (χ3n) is 5.36. The van der Waals surface area contributed by atoms with Crippen LogP contribution < -0.4 is 10.6 Å². The van der Waals surface area contributed by atoms with Crippen LogP contribution in [-0.2, 0) is 14.3 Å². The largest absolute Gasteiger partial charge is 0.466 e. The summed E-state index contributed by atoms with van der Waals surface area (Å²) in [5.41, 5.74) is 2.65. The molecule has 2 heterocycles. The first-order valence-electron chi connectivity index (χ1n) is 9.58. The molecule has 29 heavy (non-hydrogen) atoms. The summed E-state index contributed by atoms with van der Waals surface area (Å²) in [6.07, 6.45) is 1.98. The van der Waals surface area contributed by atoms with E-state index in [0.29, 0.717) is 37.1 Å². The first-order chi connectivity index (χ1) is 14.0. The van der Waals surface area contributed by atoms with Gasteiger partial charge in [0.1, 0.15) is 0 Å². The van der Waals surface area contributed by atoms with Gasteiger partial charge in [-0.25, -0.2) is 9.59 Å². The molecule has 3 rings (SSSR count). The second-order valence-electron chi connectivity index (χ2n) is 7.15. The van der Waals surface area contributed by atoms with E-state index in [1.165, 1.54) is 14.0 Å². The Morgan fingerprint density at radius 3 is 2.69 bits per heavy atom. The zero-order valence-electron chi connectivity index (χ0n) is 16.5. The quantitative estimate of drug-likeness (QED) is 0.580. The lowest BCUT2D eigenvalue weighted by molar-refractivity contribution is -0.136. The smallest absolute Gasteiger partial charge is 0.336 e. The highest BCUT2D eigenvalue weighted by Gasteiger charge is 2.46. The number of nitriles is 1. The van der Waals surface area contributed by atoms with Crippen LogP contribution in [0.5, 0.6) is 0 Å². The van der Waals surface area contributed by atoms with E-state index in [2.05, 4.69) is 16.7 Å². The van der Waals surface area contributed by atoms with Crippen LogP contribution in [0.1, 0.15) is 37.3 Å². The van der Waals surface area contributed by atoms with Crippen molar-refractivity contribution < 1.29 is 19.1 Å². The van der Waals surface area contributed by atoms with Crippen LogP contribution >= 0.6 is 0 Å². The number of urea groups is 1. The predicted octanol–water partition coefficient (Wildman–Crippen LogP) is 1.57. The van der Waals surface area contributed by atoms with Crippen LogP contribution in [0.4, 0.5) is 4.79 Å². The number of hydrogen-bond acceptors (Lipinski definition) is 5. The number of fused-ring (bicyclic) bond motifs is 2. The molecule has 152 valence electrons. The minimum Gasteiger partial charge on any atom is -0.466 e. The molecule has 0 aromatic heterocycles. The van der Waals surface area contributed by atoms with Gasteiger partial charge in [-0.15, -0.1) is 0 Å². The highest BCUT2D eigenvalue weighted by atomic mass is 16.5. The van der Waals surface area contributed by atoms with Gasteiger partial charge in [-0.1, -0.05) is 12.1 Å². The molecule has 0 spiro atoms. The molecule has 1 saturated heterocycles. The average molecular weight is 396 g/mol. The Bertz CT molecular complexity index is 902. The summed E-state index contributed by atoms with van der Waals surface area (Å²) in [5, 5.41) is 14.7. The minimum absolute atomic E-state index is 0.0325.